The van der Waals surface area contributed by atoms with Crippen molar-refractivity contribution in [3.05, 3.63) is 18.5 Å². The molecule has 5 heteroatoms. The van der Waals surface area contributed by atoms with Crippen LogP contribution in [0.5, 0.6) is 0 Å². The largest absolute Gasteiger partial charge is 0.407 e. The smallest absolute Gasteiger partial charge is 0.325 e. The molecule has 1 aromatic rings. The van der Waals surface area contributed by atoms with Crippen LogP contribution < -0.4 is 4.90 Å². The molecule has 1 amide bonds. The van der Waals surface area contributed by atoms with Crippen LogP contribution in [0.2, 0.25) is 0 Å². The fraction of sp³-hybridized carbons (Fsp3) is 0.583. The molecule has 2 rings (SSSR count). The summed E-state index contributed by atoms with van der Waals surface area (Å²) in [6.45, 7) is 10.2. The lowest BCUT2D eigenvalue weighted by Gasteiger charge is -2.13. The summed E-state index contributed by atoms with van der Waals surface area (Å²) in [6.07, 6.45) is 2.26. The van der Waals surface area contributed by atoms with Crippen molar-refractivity contribution in [3.63, 3.8) is 0 Å². The average molecular weight is 235 g/mol. The van der Waals surface area contributed by atoms with Gasteiger partial charge in [-0.1, -0.05) is 31.9 Å². The minimum Gasteiger partial charge on any atom is -0.407 e. The van der Waals surface area contributed by atoms with E-state index in [1.165, 1.54) is 4.90 Å². The first-order chi connectivity index (χ1) is 7.91. The van der Waals surface area contributed by atoms with Crippen molar-refractivity contribution in [3.8, 4) is 0 Å². The number of rotatable bonds is 2. The van der Waals surface area contributed by atoms with Crippen molar-refractivity contribution in [1.82, 2.24) is 10.2 Å². The van der Waals surface area contributed by atoms with Crippen LogP contribution in [0.25, 0.3) is 0 Å². The van der Waals surface area contributed by atoms with Crippen LogP contribution in [-0.4, -0.2) is 22.6 Å². The van der Waals surface area contributed by atoms with E-state index in [1.807, 2.05) is 20.8 Å². The quantitative estimate of drug-likeness (QED) is 0.735. The van der Waals surface area contributed by atoms with Gasteiger partial charge in [0.05, 0.1) is 0 Å². The van der Waals surface area contributed by atoms with Gasteiger partial charge in [-0.25, -0.2) is 0 Å². The van der Waals surface area contributed by atoms with Gasteiger partial charge in [0.25, 0.3) is 0 Å². The van der Waals surface area contributed by atoms with Crippen LogP contribution in [0.4, 0.5) is 6.01 Å². The molecular weight excluding hydrogens is 218 g/mol. The number of anilines is 1. The highest BCUT2D eigenvalue weighted by atomic mass is 16.4. The summed E-state index contributed by atoms with van der Waals surface area (Å²) in [7, 11) is 0. The minimum absolute atomic E-state index is 0.0130. The van der Waals surface area contributed by atoms with Gasteiger partial charge in [-0.3, -0.25) is 9.69 Å². The van der Waals surface area contributed by atoms with Crippen molar-refractivity contribution in [1.29, 1.82) is 0 Å². The molecule has 5 nitrogen and oxygen atoms in total. The van der Waals surface area contributed by atoms with E-state index in [4.69, 9.17) is 4.42 Å². The topological polar surface area (TPSA) is 59.2 Å². The Hall–Kier alpha value is -1.65. The predicted octanol–water partition coefficient (Wildman–Crippen LogP) is 1.91. The first kappa shape index (κ1) is 11.8. The Morgan fingerprint density at radius 3 is 2.65 bits per heavy atom. The maximum Gasteiger partial charge on any atom is 0.325 e. The number of hydrogen-bond acceptors (Lipinski definition) is 4. The highest BCUT2D eigenvalue weighted by Crippen LogP contribution is 2.28. The van der Waals surface area contributed by atoms with E-state index >= 15 is 0 Å². The lowest BCUT2D eigenvalue weighted by molar-refractivity contribution is -0.117. The molecule has 17 heavy (non-hydrogen) atoms. The van der Waals surface area contributed by atoms with Gasteiger partial charge in [-0.2, -0.15) is 0 Å². The second kappa shape index (κ2) is 3.98. The lowest BCUT2D eigenvalue weighted by atomic mass is 9.97. The van der Waals surface area contributed by atoms with E-state index in [0.29, 0.717) is 24.9 Å². The Labute approximate surface area is 101 Å². The summed E-state index contributed by atoms with van der Waals surface area (Å²) >= 11 is 0. The Morgan fingerprint density at radius 2 is 2.18 bits per heavy atom. The minimum atomic E-state index is -0.203. The monoisotopic (exact) mass is 235 g/mol. The third-order valence-electron chi connectivity index (χ3n) is 2.78. The number of carbonyl (C=O) groups excluding carboxylic acids is 1. The maximum atomic E-state index is 11.8. The van der Waals surface area contributed by atoms with Crippen molar-refractivity contribution in [2.45, 2.75) is 32.6 Å². The Balaban J connectivity index is 2.21. The molecule has 0 aliphatic carbocycles. The molecule has 1 saturated heterocycles. The van der Waals surface area contributed by atoms with Gasteiger partial charge >= 0.3 is 6.01 Å². The Bertz CT molecular complexity index is 445. The van der Waals surface area contributed by atoms with Gasteiger partial charge in [-0.05, 0) is 0 Å². The molecule has 0 spiro atoms. The third kappa shape index (κ3) is 2.23. The van der Waals surface area contributed by atoms with Gasteiger partial charge in [0.1, 0.15) is 0 Å². The highest BCUT2D eigenvalue weighted by molar-refractivity contribution is 5.93. The van der Waals surface area contributed by atoms with Crippen LogP contribution >= 0.6 is 0 Å². The van der Waals surface area contributed by atoms with Gasteiger partial charge in [0, 0.05) is 24.3 Å². The number of amides is 1. The average Bonchev–Trinajstić information content (AvgIpc) is 2.82. The molecule has 2 heterocycles. The summed E-state index contributed by atoms with van der Waals surface area (Å²) in [4.78, 5) is 13.3. The van der Waals surface area contributed by atoms with E-state index in [0.717, 1.165) is 0 Å². The molecule has 1 atom stereocenters. The Kier molecular flexibility index (Phi) is 2.77. The van der Waals surface area contributed by atoms with Crippen molar-refractivity contribution in [2.24, 2.45) is 5.92 Å². The molecule has 0 N–H and O–H groups in total. The molecule has 1 aromatic heterocycles. The zero-order chi connectivity index (χ0) is 12.6. The molecule has 1 fully saturated rings. The zero-order valence-corrected chi connectivity index (χ0v) is 10.4. The van der Waals surface area contributed by atoms with E-state index in [-0.39, 0.29) is 17.2 Å². The number of nitrogens with zero attached hydrogens (tertiary/aromatic N) is 3. The standard InChI is InChI=1S/C12H17N3O2/c1-5-8-6-9(16)15(7-8)11-14-13-10(17-11)12(2,3)4/h5,8H,1,6-7H2,2-4H3. The summed E-state index contributed by atoms with van der Waals surface area (Å²) in [5.41, 5.74) is -0.203. The van der Waals surface area contributed by atoms with E-state index in [9.17, 15) is 4.79 Å². The van der Waals surface area contributed by atoms with Crippen molar-refractivity contribution >= 4 is 11.9 Å². The van der Waals surface area contributed by atoms with E-state index in [1.54, 1.807) is 6.08 Å². The maximum absolute atomic E-state index is 11.8. The van der Waals surface area contributed by atoms with Gasteiger partial charge in [0.2, 0.25) is 11.8 Å². The van der Waals surface area contributed by atoms with Gasteiger partial charge in [-0.15, -0.1) is 11.7 Å². The molecule has 0 radical (unpaired) electrons. The summed E-state index contributed by atoms with van der Waals surface area (Å²) in [5, 5.41) is 7.92. The lowest BCUT2D eigenvalue weighted by Crippen LogP contribution is -2.24. The van der Waals surface area contributed by atoms with Crippen LogP contribution in [0, 0.1) is 5.92 Å². The number of carbonyl (C=O) groups is 1. The first-order valence-corrected chi connectivity index (χ1v) is 5.68. The number of hydrogen-bond donors (Lipinski definition) is 0. The molecule has 0 saturated carbocycles. The van der Waals surface area contributed by atoms with Gasteiger partial charge in [0.15, 0.2) is 0 Å². The van der Waals surface area contributed by atoms with Crippen LogP contribution in [0.1, 0.15) is 33.1 Å². The normalized spacial score (nSPS) is 21.0. The molecule has 0 aromatic carbocycles. The van der Waals surface area contributed by atoms with E-state index in [2.05, 4.69) is 16.8 Å². The number of aromatic nitrogens is 2. The molecule has 1 aliphatic heterocycles. The fourth-order valence-corrected chi connectivity index (χ4v) is 1.71. The van der Waals surface area contributed by atoms with Crippen molar-refractivity contribution < 1.29 is 9.21 Å². The van der Waals surface area contributed by atoms with Crippen LogP contribution in [-0.2, 0) is 10.2 Å². The molecular formula is C12H17N3O2. The second-order valence-corrected chi connectivity index (χ2v) is 5.34. The molecule has 1 unspecified atom stereocenters. The first-order valence-electron chi connectivity index (χ1n) is 5.68. The Morgan fingerprint density at radius 1 is 1.47 bits per heavy atom. The zero-order valence-electron chi connectivity index (χ0n) is 10.4. The molecule has 1 aliphatic rings. The summed E-state index contributed by atoms with van der Waals surface area (Å²) in [6, 6.07) is 0.296. The SMILES string of the molecule is C=CC1CC(=O)N(c2nnc(C(C)(C)C)o2)C1. The van der Waals surface area contributed by atoms with E-state index < -0.39 is 0 Å². The second-order valence-electron chi connectivity index (χ2n) is 5.34. The fourth-order valence-electron chi connectivity index (χ4n) is 1.71. The van der Waals surface area contributed by atoms with Crippen LogP contribution in [0.15, 0.2) is 17.1 Å². The highest BCUT2D eigenvalue weighted by Gasteiger charge is 2.33. The van der Waals surface area contributed by atoms with Crippen molar-refractivity contribution in [2.75, 3.05) is 11.4 Å². The summed E-state index contributed by atoms with van der Waals surface area (Å²) in [5.74, 6) is 0.730. The van der Waals surface area contributed by atoms with Crippen LogP contribution in [0.3, 0.4) is 0 Å². The third-order valence-corrected chi connectivity index (χ3v) is 2.78. The predicted molar refractivity (Wildman–Crippen MR) is 63.7 cm³/mol. The summed E-state index contributed by atoms with van der Waals surface area (Å²) < 4.78 is 5.54. The van der Waals surface area contributed by atoms with Gasteiger partial charge < -0.3 is 4.42 Å². The molecule has 92 valence electrons. The molecule has 0 bridgehead atoms.